The van der Waals surface area contributed by atoms with Crippen LogP contribution in [0.5, 0.6) is 5.75 Å². The SMILES string of the molecule is COc1ccc(-c2ccc(/C=C/CN[C@@]3(C(=O)NO)PC(F)C3C)cc2)cc1. The minimum Gasteiger partial charge on any atom is -0.497 e. The number of halogens is 1. The Morgan fingerprint density at radius 3 is 2.32 bits per heavy atom. The first-order valence-electron chi connectivity index (χ1n) is 9.02. The summed E-state index contributed by atoms with van der Waals surface area (Å²) in [4.78, 5) is 11.9. The zero-order chi connectivity index (χ0) is 20.1. The van der Waals surface area contributed by atoms with E-state index in [0.717, 1.165) is 22.4 Å². The van der Waals surface area contributed by atoms with Gasteiger partial charge in [0.05, 0.1) is 7.11 Å². The number of methoxy groups -OCH3 is 1. The van der Waals surface area contributed by atoms with Gasteiger partial charge in [0.1, 0.15) is 16.9 Å². The van der Waals surface area contributed by atoms with Gasteiger partial charge >= 0.3 is 0 Å². The number of benzene rings is 2. The molecule has 0 spiro atoms. The van der Waals surface area contributed by atoms with Gasteiger partial charge in [-0.3, -0.25) is 15.3 Å². The van der Waals surface area contributed by atoms with E-state index in [-0.39, 0.29) is 8.58 Å². The Bertz CT molecular complexity index is 842. The molecule has 5 nitrogen and oxygen atoms in total. The fourth-order valence-corrected chi connectivity index (χ4v) is 4.69. The van der Waals surface area contributed by atoms with Crippen molar-refractivity contribution in [3.05, 3.63) is 60.2 Å². The molecule has 2 aromatic rings. The fraction of sp³-hybridized carbons (Fsp3) is 0.286. The molecule has 3 rings (SSSR count). The monoisotopic (exact) mass is 402 g/mol. The van der Waals surface area contributed by atoms with Crippen LogP contribution in [0.3, 0.4) is 0 Å². The molecule has 0 aromatic heterocycles. The summed E-state index contributed by atoms with van der Waals surface area (Å²) in [5.74, 6) is -1.25. The van der Waals surface area contributed by atoms with Crippen molar-refractivity contribution in [2.75, 3.05) is 13.7 Å². The number of hydrogen-bond donors (Lipinski definition) is 3. The molecule has 1 aliphatic heterocycles. The second-order valence-corrected chi connectivity index (χ2v) is 8.35. The van der Waals surface area contributed by atoms with Crippen LogP contribution in [0.1, 0.15) is 12.5 Å². The Kier molecular flexibility index (Phi) is 6.45. The summed E-state index contributed by atoms with van der Waals surface area (Å²) in [7, 11) is 1.43. The second-order valence-electron chi connectivity index (χ2n) is 6.72. The average Bonchev–Trinajstić information content (AvgIpc) is 2.75. The molecule has 0 bridgehead atoms. The van der Waals surface area contributed by atoms with E-state index in [0.29, 0.717) is 6.54 Å². The molecule has 0 saturated carbocycles. The lowest BCUT2D eigenvalue weighted by atomic mass is 9.99. The number of carbonyl (C=O) groups is 1. The largest absolute Gasteiger partial charge is 0.497 e. The van der Waals surface area contributed by atoms with E-state index in [4.69, 9.17) is 9.94 Å². The molecule has 1 saturated heterocycles. The van der Waals surface area contributed by atoms with Crippen LogP contribution in [0.25, 0.3) is 17.2 Å². The number of hydrogen-bond acceptors (Lipinski definition) is 4. The molecule has 1 heterocycles. The maximum absolute atomic E-state index is 13.6. The summed E-state index contributed by atoms with van der Waals surface area (Å²) < 4.78 is 18.8. The van der Waals surface area contributed by atoms with Crippen LogP contribution in [-0.2, 0) is 4.79 Å². The summed E-state index contributed by atoms with van der Waals surface area (Å²) in [6.45, 7) is 2.07. The Morgan fingerprint density at radius 2 is 1.82 bits per heavy atom. The Balaban J connectivity index is 1.59. The van der Waals surface area contributed by atoms with E-state index in [2.05, 4.69) is 5.32 Å². The lowest BCUT2D eigenvalue weighted by Crippen LogP contribution is -2.65. The van der Waals surface area contributed by atoms with Gasteiger partial charge in [0.2, 0.25) is 0 Å². The molecule has 1 fully saturated rings. The van der Waals surface area contributed by atoms with Crippen LogP contribution in [0.15, 0.2) is 54.6 Å². The number of rotatable bonds is 7. The standard InChI is InChI=1S/C21H24FN2O3P/c1-14-19(22)28-21(14,20(25)24-26)23-13-3-4-15-5-7-16(8-6-15)17-9-11-18(27-2)12-10-17/h3-12,14,19,23,26,28H,13H2,1-2H3,(H,24,25)/b4-3+/t14?,19?,21-/m1/s1. The highest BCUT2D eigenvalue weighted by molar-refractivity contribution is 7.44. The molecule has 0 radical (unpaired) electrons. The fourth-order valence-electron chi connectivity index (χ4n) is 3.24. The van der Waals surface area contributed by atoms with Crippen molar-refractivity contribution < 1.29 is 19.1 Å². The van der Waals surface area contributed by atoms with Gasteiger partial charge in [0, 0.05) is 12.5 Å². The first kappa shape index (κ1) is 20.5. The summed E-state index contributed by atoms with van der Waals surface area (Å²) in [6, 6.07) is 16.0. The summed E-state index contributed by atoms with van der Waals surface area (Å²) in [5.41, 5.74) is 4.89. The number of hydroxylamine groups is 1. The predicted molar refractivity (Wildman–Crippen MR) is 111 cm³/mol. The van der Waals surface area contributed by atoms with Gasteiger partial charge in [0.25, 0.3) is 5.91 Å². The second kappa shape index (κ2) is 8.82. The summed E-state index contributed by atoms with van der Waals surface area (Å²) >= 11 is 0. The number of alkyl halides is 1. The van der Waals surface area contributed by atoms with Crippen LogP contribution in [-0.4, -0.2) is 36.0 Å². The number of carbonyl (C=O) groups excluding carboxylic acids is 1. The molecule has 28 heavy (non-hydrogen) atoms. The Hall–Kier alpha value is -2.27. The van der Waals surface area contributed by atoms with Crippen molar-refractivity contribution in [3.8, 4) is 16.9 Å². The third kappa shape index (κ3) is 4.09. The predicted octanol–water partition coefficient (Wildman–Crippen LogP) is 3.79. The van der Waals surface area contributed by atoms with Crippen molar-refractivity contribution in [2.45, 2.75) is 18.1 Å². The van der Waals surface area contributed by atoms with E-state index < -0.39 is 23.0 Å². The lowest BCUT2D eigenvalue weighted by Gasteiger charge is -2.48. The minimum atomic E-state index is -1.03. The molecule has 1 amide bonds. The molecule has 2 aromatic carbocycles. The summed E-state index contributed by atoms with van der Waals surface area (Å²) in [5, 5.41) is 11.0. The quantitative estimate of drug-likeness (QED) is 0.374. The Morgan fingerprint density at radius 1 is 1.21 bits per heavy atom. The van der Waals surface area contributed by atoms with Gasteiger partial charge in [-0.1, -0.05) is 64.1 Å². The zero-order valence-electron chi connectivity index (χ0n) is 15.8. The number of ether oxygens (including phenoxy) is 1. The molecule has 7 heteroatoms. The molecule has 1 aliphatic rings. The topological polar surface area (TPSA) is 70.6 Å². The smallest absolute Gasteiger partial charge is 0.268 e. The van der Waals surface area contributed by atoms with E-state index in [1.165, 1.54) is 0 Å². The van der Waals surface area contributed by atoms with Gasteiger partial charge in [-0.05, 0) is 28.8 Å². The zero-order valence-corrected chi connectivity index (χ0v) is 16.8. The molecular weight excluding hydrogens is 378 g/mol. The van der Waals surface area contributed by atoms with E-state index in [1.54, 1.807) is 19.5 Å². The van der Waals surface area contributed by atoms with Crippen LogP contribution in [0, 0.1) is 5.92 Å². The van der Waals surface area contributed by atoms with E-state index >= 15 is 0 Å². The van der Waals surface area contributed by atoms with Crippen molar-refractivity contribution in [2.24, 2.45) is 5.92 Å². The van der Waals surface area contributed by atoms with Crippen LogP contribution >= 0.6 is 8.58 Å². The highest BCUT2D eigenvalue weighted by Gasteiger charge is 2.57. The number of amides is 1. The van der Waals surface area contributed by atoms with Gasteiger partial charge in [-0.2, -0.15) is 0 Å². The minimum absolute atomic E-state index is 0.210. The molecule has 3 N–H and O–H groups in total. The first-order chi connectivity index (χ1) is 13.5. The van der Waals surface area contributed by atoms with Crippen molar-refractivity contribution >= 4 is 20.6 Å². The van der Waals surface area contributed by atoms with Crippen LogP contribution in [0.2, 0.25) is 0 Å². The summed E-state index contributed by atoms with van der Waals surface area (Å²) in [6.07, 6.45) is 3.83. The van der Waals surface area contributed by atoms with Gasteiger partial charge in [-0.15, -0.1) is 0 Å². The van der Waals surface area contributed by atoms with Gasteiger partial charge in [-0.25, -0.2) is 9.87 Å². The Labute approximate surface area is 165 Å². The van der Waals surface area contributed by atoms with Gasteiger partial charge in [0.15, 0.2) is 0 Å². The highest BCUT2D eigenvalue weighted by atomic mass is 31.1. The lowest BCUT2D eigenvalue weighted by molar-refractivity contribution is -0.135. The molecule has 3 unspecified atom stereocenters. The normalized spacial score (nSPS) is 24.9. The van der Waals surface area contributed by atoms with E-state index in [9.17, 15) is 9.18 Å². The maximum Gasteiger partial charge on any atom is 0.268 e. The van der Waals surface area contributed by atoms with Gasteiger partial charge < -0.3 is 4.74 Å². The molecule has 0 aliphatic carbocycles. The molecule has 4 atom stereocenters. The van der Waals surface area contributed by atoms with E-state index in [1.807, 2.05) is 60.7 Å². The first-order valence-corrected chi connectivity index (χ1v) is 10.1. The third-order valence-corrected chi connectivity index (χ3v) is 7.18. The molecular formula is C21H24FN2O3P. The third-order valence-electron chi connectivity index (χ3n) is 5.09. The maximum atomic E-state index is 13.6. The van der Waals surface area contributed by atoms with Crippen LogP contribution < -0.4 is 15.5 Å². The molecule has 148 valence electrons. The van der Waals surface area contributed by atoms with Crippen molar-refractivity contribution in [1.82, 2.24) is 10.8 Å². The highest BCUT2D eigenvalue weighted by Crippen LogP contribution is 2.56. The van der Waals surface area contributed by atoms with Crippen LogP contribution in [0.4, 0.5) is 4.39 Å². The average molecular weight is 402 g/mol. The van der Waals surface area contributed by atoms with Crippen molar-refractivity contribution in [3.63, 3.8) is 0 Å². The number of nitrogens with one attached hydrogen (secondary N) is 2. The van der Waals surface area contributed by atoms with Crippen molar-refractivity contribution in [1.29, 1.82) is 0 Å².